The molecule has 2 aliphatic rings. The van der Waals surface area contributed by atoms with Gasteiger partial charge in [0.2, 0.25) is 0 Å². The second-order valence-corrected chi connectivity index (χ2v) is 6.21. The lowest BCUT2D eigenvalue weighted by molar-refractivity contribution is 0.0895. The molecular weight excluding hydrogens is 264 g/mol. The third kappa shape index (κ3) is 2.91. The van der Waals surface area contributed by atoms with Crippen LogP contribution in [0.25, 0.3) is 0 Å². The number of benzene rings is 1. The van der Waals surface area contributed by atoms with Gasteiger partial charge in [-0.05, 0) is 58.0 Å². The topological polar surface area (TPSA) is 41.6 Å². The number of nitrogens with one attached hydrogen (secondary N) is 1. The number of ether oxygens (including phenoxy) is 1. The number of nitrogens with zero attached hydrogens (tertiary/aromatic N) is 1. The number of carbonyl (C=O) groups is 1. The Hall–Kier alpha value is -1.55. The normalized spacial score (nSPS) is 19.3. The van der Waals surface area contributed by atoms with Crippen molar-refractivity contribution in [1.29, 1.82) is 0 Å². The average Bonchev–Trinajstić information content (AvgIpc) is 2.53. The molecule has 2 aliphatic heterocycles. The van der Waals surface area contributed by atoms with Gasteiger partial charge in [-0.1, -0.05) is 0 Å². The van der Waals surface area contributed by atoms with Crippen LogP contribution in [0.3, 0.4) is 0 Å². The van der Waals surface area contributed by atoms with E-state index in [1.807, 2.05) is 18.2 Å². The van der Waals surface area contributed by atoms with Crippen LogP contribution in [0.15, 0.2) is 18.2 Å². The minimum atomic E-state index is 0.168. The van der Waals surface area contributed by atoms with E-state index in [2.05, 4.69) is 24.1 Å². The summed E-state index contributed by atoms with van der Waals surface area (Å²) in [5, 5.41) is 3.31. The van der Waals surface area contributed by atoms with Crippen molar-refractivity contribution in [3.05, 3.63) is 23.8 Å². The molecule has 1 aromatic carbocycles. The van der Waals surface area contributed by atoms with Crippen molar-refractivity contribution in [2.75, 3.05) is 31.1 Å². The molecule has 0 spiro atoms. The number of ketones is 1. The number of hydrogen-bond acceptors (Lipinski definition) is 4. The van der Waals surface area contributed by atoms with Crippen LogP contribution in [0.2, 0.25) is 0 Å². The van der Waals surface area contributed by atoms with Crippen LogP contribution in [0.4, 0.5) is 5.69 Å². The molecule has 0 atom stereocenters. The highest BCUT2D eigenvalue weighted by Gasteiger charge is 2.25. The van der Waals surface area contributed by atoms with E-state index in [9.17, 15) is 4.79 Å². The molecule has 0 aromatic heterocycles. The third-order valence-electron chi connectivity index (χ3n) is 4.48. The monoisotopic (exact) mass is 288 g/mol. The first-order valence-electron chi connectivity index (χ1n) is 7.95. The first-order valence-corrected chi connectivity index (χ1v) is 7.95. The SMILES string of the molecule is CC(C)N1CCOc2ccc(C(=O)C3CCNCC3)cc21. The predicted octanol–water partition coefficient (Wildman–Crippen LogP) is 2.48. The Bertz CT molecular complexity index is 522. The van der Waals surface area contributed by atoms with Gasteiger partial charge < -0.3 is 15.0 Å². The highest BCUT2D eigenvalue weighted by molar-refractivity contribution is 5.99. The van der Waals surface area contributed by atoms with Crippen LogP contribution in [0.1, 0.15) is 37.0 Å². The Morgan fingerprint density at radius 1 is 1.33 bits per heavy atom. The minimum Gasteiger partial charge on any atom is -0.490 e. The van der Waals surface area contributed by atoms with Gasteiger partial charge in [-0.25, -0.2) is 0 Å². The molecule has 1 N–H and O–H groups in total. The van der Waals surface area contributed by atoms with E-state index < -0.39 is 0 Å². The molecule has 4 nitrogen and oxygen atoms in total. The molecule has 0 amide bonds. The zero-order chi connectivity index (χ0) is 14.8. The molecule has 1 aromatic rings. The molecule has 2 heterocycles. The average molecular weight is 288 g/mol. The number of carbonyl (C=O) groups excluding carboxylic acids is 1. The molecule has 3 rings (SSSR count). The third-order valence-corrected chi connectivity index (χ3v) is 4.48. The lowest BCUT2D eigenvalue weighted by Crippen LogP contribution is -2.38. The van der Waals surface area contributed by atoms with Crippen molar-refractivity contribution in [2.45, 2.75) is 32.7 Å². The number of piperidine rings is 1. The minimum absolute atomic E-state index is 0.168. The summed E-state index contributed by atoms with van der Waals surface area (Å²) in [6.45, 7) is 7.85. The van der Waals surface area contributed by atoms with Gasteiger partial charge in [-0.2, -0.15) is 0 Å². The van der Waals surface area contributed by atoms with Gasteiger partial charge in [0.05, 0.1) is 12.2 Å². The summed E-state index contributed by atoms with van der Waals surface area (Å²) in [4.78, 5) is 15.0. The quantitative estimate of drug-likeness (QED) is 0.868. The van der Waals surface area contributed by atoms with Crippen molar-refractivity contribution in [3.8, 4) is 5.75 Å². The summed E-state index contributed by atoms with van der Waals surface area (Å²) in [6.07, 6.45) is 1.89. The highest BCUT2D eigenvalue weighted by atomic mass is 16.5. The van der Waals surface area contributed by atoms with Crippen LogP contribution in [-0.2, 0) is 0 Å². The van der Waals surface area contributed by atoms with Gasteiger partial charge in [0.15, 0.2) is 5.78 Å². The number of rotatable bonds is 3. The van der Waals surface area contributed by atoms with Gasteiger partial charge in [-0.3, -0.25) is 4.79 Å². The Morgan fingerprint density at radius 3 is 2.81 bits per heavy atom. The van der Waals surface area contributed by atoms with E-state index in [4.69, 9.17) is 4.74 Å². The van der Waals surface area contributed by atoms with E-state index in [1.54, 1.807) is 0 Å². The van der Waals surface area contributed by atoms with Crippen LogP contribution in [0.5, 0.6) is 5.75 Å². The van der Waals surface area contributed by atoms with Crippen molar-refractivity contribution >= 4 is 11.5 Å². The second-order valence-electron chi connectivity index (χ2n) is 6.21. The molecule has 0 bridgehead atoms. The molecule has 1 saturated heterocycles. The first kappa shape index (κ1) is 14.4. The van der Waals surface area contributed by atoms with Gasteiger partial charge in [-0.15, -0.1) is 0 Å². The Labute approximate surface area is 126 Å². The molecule has 0 unspecified atom stereocenters. The molecule has 114 valence electrons. The molecular formula is C17H24N2O2. The summed E-state index contributed by atoms with van der Waals surface area (Å²) < 4.78 is 5.72. The van der Waals surface area contributed by atoms with E-state index in [1.165, 1.54) is 0 Å². The van der Waals surface area contributed by atoms with E-state index in [0.717, 1.165) is 49.5 Å². The maximum atomic E-state index is 12.7. The van der Waals surface area contributed by atoms with Crippen LogP contribution >= 0.6 is 0 Å². The molecule has 0 saturated carbocycles. The Kier molecular flexibility index (Phi) is 4.15. The number of Topliss-reactive ketones (excluding diaryl/α,β-unsaturated/α-hetero) is 1. The molecule has 0 aliphatic carbocycles. The summed E-state index contributed by atoms with van der Waals surface area (Å²) in [7, 11) is 0. The zero-order valence-electron chi connectivity index (χ0n) is 12.9. The number of hydrogen-bond donors (Lipinski definition) is 1. The highest BCUT2D eigenvalue weighted by Crippen LogP contribution is 2.34. The molecule has 4 heteroatoms. The van der Waals surface area contributed by atoms with E-state index in [-0.39, 0.29) is 11.7 Å². The van der Waals surface area contributed by atoms with Gasteiger partial charge in [0.1, 0.15) is 12.4 Å². The number of anilines is 1. The van der Waals surface area contributed by atoms with Crippen LogP contribution < -0.4 is 15.0 Å². The lowest BCUT2D eigenvalue weighted by atomic mass is 9.89. The Morgan fingerprint density at radius 2 is 2.10 bits per heavy atom. The van der Waals surface area contributed by atoms with Crippen LogP contribution in [-0.4, -0.2) is 38.1 Å². The fourth-order valence-electron chi connectivity index (χ4n) is 3.25. The maximum absolute atomic E-state index is 12.7. The van der Waals surface area contributed by atoms with Crippen molar-refractivity contribution in [2.24, 2.45) is 5.92 Å². The molecule has 1 fully saturated rings. The van der Waals surface area contributed by atoms with Gasteiger partial charge in [0.25, 0.3) is 0 Å². The van der Waals surface area contributed by atoms with Crippen LogP contribution in [0, 0.1) is 5.92 Å². The second kappa shape index (κ2) is 6.06. The zero-order valence-corrected chi connectivity index (χ0v) is 12.9. The van der Waals surface area contributed by atoms with E-state index >= 15 is 0 Å². The van der Waals surface area contributed by atoms with E-state index in [0.29, 0.717) is 12.6 Å². The largest absolute Gasteiger partial charge is 0.490 e. The summed E-state index contributed by atoms with van der Waals surface area (Å²) >= 11 is 0. The fourth-order valence-corrected chi connectivity index (χ4v) is 3.25. The van der Waals surface area contributed by atoms with Gasteiger partial charge in [0, 0.05) is 17.5 Å². The van der Waals surface area contributed by atoms with Crippen molar-refractivity contribution in [1.82, 2.24) is 5.32 Å². The summed E-state index contributed by atoms with van der Waals surface area (Å²) in [5.74, 6) is 1.35. The molecule has 0 radical (unpaired) electrons. The summed E-state index contributed by atoms with van der Waals surface area (Å²) in [5.41, 5.74) is 1.90. The first-order chi connectivity index (χ1) is 10.2. The molecule has 21 heavy (non-hydrogen) atoms. The predicted molar refractivity (Wildman–Crippen MR) is 84.3 cm³/mol. The van der Waals surface area contributed by atoms with Crippen molar-refractivity contribution < 1.29 is 9.53 Å². The standard InChI is InChI=1S/C17H24N2O2/c1-12(2)19-9-10-21-16-4-3-14(11-15(16)19)17(20)13-5-7-18-8-6-13/h3-4,11-13,18H,5-10H2,1-2H3. The Balaban J connectivity index is 1.87. The maximum Gasteiger partial charge on any atom is 0.166 e. The van der Waals surface area contributed by atoms with Crippen molar-refractivity contribution in [3.63, 3.8) is 0 Å². The number of fused-ring (bicyclic) bond motifs is 1. The lowest BCUT2D eigenvalue weighted by Gasteiger charge is -2.34. The fraction of sp³-hybridized carbons (Fsp3) is 0.588. The summed E-state index contributed by atoms with van der Waals surface area (Å²) in [6, 6.07) is 6.32. The smallest absolute Gasteiger partial charge is 0.166 e. The van der Waals surface area contributed by atoms with Gasteiger partial charge >= 0.3 is 0 Å².